The average molecular weight is 225 g/mol. The normalized spacial score (nSPS) is 20.5. The van der Waals surface area contributed by atoms with Gasteiger partial charge in [0.2, 0.25) is 0 Å². The number of carbonyl (C=O) groups excluding carboxylic acids is 1. The Bertz CT molecular complexity index is 381. The monoisotopic (exact) mass is 224 g/mol. The molecule has 1 aromatic rings. The topological polar surface area (TPSA) is 26.3 Å². The highest BCUT2D eigenvalue weighted by Gasteiger charge is 2.25. The van der Waals surface area contributed by atoms with E-state index < -0.39 is 0 Å². The maximum atomic E-state index is 12.1. The van der Waals surface area contributed by atoms with E-state index in [2.05, 4.69) is 0 Å². The highest BCUT2D eigenvalue weighted by molar-refractivity contribution is 6.30. The molecule has 15 heavy (non-hydrogen) atoms. The van der Waals surface area contributed by atoms with Crippen molar-refractivity contribution in [3.05, 3.63) is 34.3 Å². The second-order valence-corrected chi connectivity index (χ2v) is 4.32. The van der Waals surface area contributed by atoms with E-state index in [0.29, 0.717) is 18.2 Å². The van der Waals surface area contributed by atoms with Crippen molar-refractivity contribution in [1.82, 2.24) is 0 Å². The Hall–Kier alpha value is -0.860. The molecule has 1 heterocycles. The Morgan fingerprint density at radius 3 is 2.93 bits per heavy atom. The van der Waals surface area contributed by atoms with Crippen LogP contribution >= 0.6 is 11.6 Å². The molecule has 2 rings (SSSR count). The minimum atomic E-state index is 0.0323. The zero-order valence-electron chi connectivity index (χ0n) is 8.63. The lowest BCUT2D eigenvalue weighted by Gasteiger charge is -2.09. The number of hydrogen-bond donors (Lipinski definition) is 0. The summed E-state index contributed by atoms with van der Waals surface area (Å²) in [6, 6.07) is 5.39. The van der Waals surface area contributed by atoms with Crippen LogP contribution < -0.4 is 0 Å². The molecule has 1 atom stereocenters. The van der Waals surface area contributed by atoms with Gasteiger partial charge in [0, 0.05) is 23.1 Å². The summed E-state index contributed by atoms with van der Waals surface area (Å²) in [6.07, 6.45) is 0.834. The molecule has 0 amide bonds. The highest BCUT2D eigenvalue weighted by atomic mass is 35.5. The zero-order chi connectivity index (χ0) is 10.8. The van der Waals surface area contributed by atoms with Gasteiger partial charge in [-0.3, -0.25) is 4.79 Å². The molecule has 1 aliphatic rings. The number of carbonyl (C=O) groups is 1. The molecule has 1 unspecified atom stereocenters. The van der Waals surface area contributed by atoms with Gasteiger partial charge in [-0.1, -0.05) is 11.6 Å². The number of ether oxygens (including phenoxy) is 1. The van der Waals surface area contributed by atoms with Gasteiger partial charge in [0.1, 0.15) is 0 Å². The van der Waals surface area contributed by atoms with Crippen LogP contribution in [0.4, 0.5) is 0 Å². The van der Waals surface area contributed by atoms with Crippen LogP contribution in [0.3, 0.4) is 0 Å². The fraction of sp³-hybridized carbons (Fsp3) is 0.417. The molecule has 1 aliphatic heterocycles. The number of Topliss-reactive ketones (excluding diaryl/α,β-unsaturated/α-hetero) is 1. The Morgan fingerprint density at radius 1 is 1.53 bits per heavy atom. The van der Waals surface area contributed by atoms with Gasteiger partial charge in [-0.25, -0.2) is 0 Å². The van der Waals surface area contributed by atoms with E-state index in [9.17, 15) is 4.79 Å². The molecule has 0 spiro atoms. The van der Waals surface area contributed by atoms with Gasteiger partial charge >= 0.3 is 0 Å². The molecule has 1 saturated heterocycles. The summed E-state index contributed by atoms with van der Waals surface area (Å²) < 4.78 is 5.22. The molecule has 0 aromatic heterocycles. The van der Waals surface area contributed by atoms with E-state index in [1.807, 2.05) is 13.0 Å². The molecule has 0 aliphatic carbocycles. The fourth-order valence-corrected chi connectivity index (χ4v) is 2.09. The van der Waals surface area contributed by atoms with Crippen molar-refractivity contribution in [3.8, 4) is 0 Å². The lowest BCUT2D eigenvalue weighted by Crippen LogP contribution is -2.15. The lowest BCUT2D eigenvalue weighted by molar-refractivity contribution is 0.0899. The molecule has 1 aromatic carbocycles. The van der Waals surface area contributed by atoms with Crippen LogP contribution in [0, 0.1) is 12.8 Å². The summed E-state index contributed by atoms with van der Waals surface area (Å²) in [6.45, 7) is 3.17. The molecule has 0 bridgehead atoms. The summed E-state index contributed by atoms with van der Waals surface area (Å²) in [5.41, 5.74) is 1.72. The van der Waals surface area contributed by atoms with Gasteiger partial charge in [-0.15, -0.1) is 0 Å². The minimum Gasteiger partial charge on any atom is -0.381 e. The first kappa shape index (κ1) is 10.7. The van der Waals surface area contributed by atoms with Crippen LogP contribution in [0.1, 0.15) is 22.3 Å². The standard InChI is InChI=1S/C12H13ClO2/c1-8-6-10(13)2-3-11(8)12(14)9-4-5-15-7-9/h2-3,6,9H,4-5,7H2,1H3. The third kappa shape index (κ3) is 2.21. The molecule has 80 valence electrons. The van der Waals surface area contributed by atoms with Crippen molar-refractivity contribution in [2.75, 3.05) is 13.2 Å². The summed E-state index contributed by atoms with van der Waals surface area (Å²) in [7, 11) is 0. The van der Waals surface area contributed by atoms with Crippen molar-refractivity contribution in [2.45, 2.75) is 13.3 Å². The SMILES string of the molecule is Cc1cc(Cl)ccc1C(=O)C1CCOC1. The van der Waals surface area contributed by atoms with Crippen molar-refractivity contribution in [1.29, 1.82) is 0 Å². The first-order valence-electron chi connectivity index (χ1n) is 5.06. The number of aryl methyl sites for hydroxylation is 1. The number of ketones is 1. The van der Waals surface area contributed by atoms with E-state index in [0.717, 1.165) is 17.5 Å². The number of halogens is 1. The Balaban J connectivity index is 2.24. The first-order chi connectivity index (χ1) is 7.18. The highest BCUT2D eigenvalue weighted by Crippen LogP contribution is 2.22. The van der Waals surface area contributed by atoms with E-state index >= 15 is 0 Å². The molecule has 2 nitrogen and oxygen atoms in total. The minimum absolute atomic E-state index is 0.0323. The van der Waals surface area contributed by atoms with Crippen molar-refractivity contribution < 1.29 is 9.53 Å². The third-order valence-electron chi connectivity index (χ3n) is 2.75. The van der Waals surface area contributed by atoms with Gasteiger partial charge in [0.05, 0.1) is 6.61 Å². The summed E-state index contributed by atoms with van der Waals surface area (Å²) in [5, 5.41) is 0.673. The fourth-order valence-electron chi connectivity index (χ4n) is 1.86. The predicted octanol–water partition coefficient (Wildman–Crippen LogP) is 2.87. The first-order valence-corrected chi connectivity index (χ1v) is 5.44. The summed E-state index contributed by atoms with van der Waals surface area (Å²) in [5.74, 6) is 0.214. The van der Waals surface area contributed by atoms with Crippen molar-refractivity contribution in [3.63, 3.8) is 0 Å². The number of benzene rings is 1. The molecule has 3 heteroatoms. The van der Waals surface area contributed by atoms with Gasteiger partial charge in [-0.2, -0.15) is 0 Å². The smallest absolute Gasteiger partial charge is 0.168 e. The molecular formula is C12H13ClO2. The van der Waals surface area contributed by atoms with Crippen LogP contribution in [-0.4, -0.2) is 19.0 Å². The van der Waals surface area contributed by atoms with Crippen LogP contribution in [0.15, 0.2) is 18.2 Å². The summed E-state index contributed by atoms with van der Waals surface area (Å²) >= 11 is 5.85. The maximum Gasteiger partial charge on any atom is 0.168 e. The van der Waals surface area contributed by atoms with Gasteiger partial charge < -0.3 is 4.74 Å². The number of hydrogen-bond acceptors (Lipinski definition) is 2. The van der Waals surface area contributed by atoms with Gasteiger partial charge in [0.15, 0.2) is 5.78 Å². The number of rotatable bonds is 2. The second kappa shape index (κ2) is 4.33. The van der Waals surface area contributed by atoms with E-state index in [1.54, 1.807) is 12.1 Å². The third-order valence-corrected chi connectivity index (χ3v) is 2.99. The van der Waals surface area contributed by atoms with Gasteiger partial charge in [-0.05, 0) is 37.1 Å². The zero-order valence-corrected chi connectivity index (χ0v) is 9.38. The molecule has 0 radical (unpaired) electrons. The van der Waals surface area contributed by atoms with E-state index in [-0.39, 0.29) is 11.7 Å². The van der Waals surface area contributed by atoms with Crippen LogP contribution in [-0.2, 0) is 4.74 Å². The Kier molecular flexibility index (Phi) is 3.08. The quantitative estimate of drug-likeness (QED) is 0.723. The van der Waals surface area contributed by atoms with Crippen LogP contribution in [0.25, 0.3) is 0 Å². The maximum absolute atomic E-state index is 12.1. The predicted molar refractivity (Wildman–Crippen MR) is 59.4 cm³/mol. The van der Waals surface area contributed by atoms with Crippen LogP contribution in [0.5, 0.6) is 0 Å². The Labute approximate surface area is 94.2 Å². The Morgan fingerprint density at radius 2 is 2.33 bits per heavy atom. The van der Waals surface area contributed by atoms with Gasteiger partial charge in [0.25, 0.3) is 0 Å². The molecule has 1 fully saturated rings. The van der Waals surface area contributed by atoms with Crippen molar-refractivity contribution in [2.24, 2.45) is 5.92 Å². The second-order valence-electron chi connectivity index (χ2n) is 3.88. The molecule has 0 N–H and O–H groups in total. The molecule has 0 saturated carbocycles. The molecular weight excluding hydrogens is 212 g/mol. The van der Waals surface area contributed by atoms with Crippen molar-refractivity contribution >= 4 is 17.4 Å². The average Bonchev–Trinajstić information content (AvgIpc) is 2.69. The summed E-state index contributed by atoms with van der Waals surface area (Å²) in [4.78, 5) is 12.1. The van der Waals surface area contributed by atoms with E-state index in [1.165, 1.54) is 0 Å². The lowest BCUT2D eigenvalue weighted by atomic mass is 9.94. The van der Waals surface area contributed by atoms with E-state index in [4.69, 9.17) is 16.3 Å². The largest absolute Gasteiger partial charge is 0.381 e. The van der Waals surface area contributed by atoms with Crippen LogP contribution in [0.2, 0.25) is 5.02 Å².